The first kappa shape index (κ1) is 24.7. The minimum absolute atomic E-state index is 0.0316. The molecular formula is C25H28F2N8O2. The standard InChI is InChI=1S/C25H28F2N8O2/c1-13(2)34-20-9-7-18(24(22(20)30-32-34)33-11-14(3)17(28)12-33)29-25(37)19-8-10-21(36)35(31-19)23-15(26)5-4-6-16(23)27/h4-10,13-14,17,30,32H,11-12,28H2,1-3H3,(H,29,37)/t14-,17+/m1/s1. The minimum atomic E-state index is -0.971. The summed E-state index contributed by atoms with van der Waals surface area (Å²) in [7, 11) is 0. The summed E-state index contributed by atoms with van der Waals surface area (Å²) in [6.45, 7) is 7.46. The molecule has 0 saturated carbocycles. The molecule has 2 aromatic carbocycles. The molecule has 2 aliphatic rings. The summed E-state index contributed by atoms with van der Waals surface area (Å²) >= 11 is 0. The Bertz CT molecular complexity index is 1400. The number of hydrazine groups is 2. The molecule has 3 aromatic rings. The molecule has 5 N–H and O–H groups in total. The van der Waals surface area contributed by atoms with Gasteiger partial charge in [0.05, 0.1) is 17.1 Å². The van der Waals surface area contributed by atoms with Crippen molar-refractivity contribution in [3.63, 3.8) is 0 Å². The SMILES string of the molecule is CC(C)N1NNc2c1ccc(NC(=O)c1ccc(=O)n(-c3c(F)cccc3F)n1)c2N1C[C@@H](C)[C@@H](N)C1. The molecule has 1 saturated heterocycles. The van der Waals surface area contributed by atoms with Crippen LogP contribution in [0.2, 0.25) is 0 Å². The third-order valence-corrected chi connectivity index (χ3v) is 6.65. The van der Waals surface area contributed by atoms with Gasteiger partial charge in [0.25, 0.3) is 11.5 Å². The molecule has 0 unspecified atom stereocenters. The van der Waals surface area contributed by atoms with Gasteiger partial charge in [-0.3, -0.25) is 20.0 Å². The summed E-state index contributed by atoms with van der Waals surface area (Å²) in [6, 6.07) is 9.26. The van der Waals surface area contributed by atoms with Gasteiger partial charge in [-0.2, -0.15) is 9.78 Å². The van der Waals surface area contributed by atoms with Crippen LogP contribution in [-0.4, -0.2) is 40.9 Å². The van der Waals surface area contributed by atoms with Crippen LogP contribution in [0.25, 0.3) is 5.69 Å². The van der Waals surface area contributed by atoms with Crippen molar-refractivity contribution in [2.24, 2.45) is 11.7 Å². The third kappa shape index (κ3) is 4.38. The minimum Gasteiger partial charge on any atom is -0.366 e. The predicted molar refractivity (Wildman–Crippen MR) is 138 cm³/mol. The van der Waals surface area contributed by atoms with Crippen LogP contribution in [-0.2, 0) is 0 Å². The van der Waals surface area contributed by atoms with Gasteiger partial charge in [0.1, 0.15) is 17.1 Å². The number of carbonyl (C=O) groups excluding carboxylic acids is 1. The molecule has 2 aliphatic heterocycles. The number of para-hydroxylation sites is 1. The lowest BCUT2D eigenvalue weighted by Crippen LogP contribution is -2.41. The van der Waals surface area contributed by atoms with Crippen molar-refractivity contribution < 1.29 is 13.6 Å². The average Bonchev–Trinajstić information content (AvgIpc) is 3.42. The number of aromatic nitrogens is 2. The van der Waals surface area contributed by atoms with Crippen LogP contribution in [0.5, 0.6) is 0 Å². The smallest absolute Gasteiger partial charge is 0.276 e. The van der Waals surface area contributed by atoms with Gasteiger partial charge in [-0.05, 0) is 50.1 Å². The van der Waals surface area contributed by atoms with Gasteiger partial charge in [0, 0.05) is 31.2 Å². The fraction of sp³-hybridized carbons (Fsp3) is 0.320. The second kappa shape index (κ2) is 9.45. The zero-order valence-corrected chi connectivity index (χ0v) is 20.6. The second-order valence-corrected chi connectivity index (χ2v) is 9.60. The lowest BCUT2D eigenvalue weighted by molar-refractivity contribution is 0.102. The first-order valence-corrected chi connectivity index (χ1v) is 12.0. The number of hydrogen-bond acceptors (Lipinski definition) is 8. The lowest BCUT2D eigenvalue weighted by atomic mass is 10.1. The summed E-state index contributed by atoms with van der Waals surface area (Å²) in [5, 5.41) is 8.80. The fourth-order valence-corrected chi connectivity index (χ4v) is 4.66. The highest BCUT2D eigenvalue weighted by Gasteiger charge is 2.34. The number of nitrogens with two attached hydrogens (primary N) is 1. The van der Waals surface area contributed by atoms with Crippen LogP contribution in [0, 0.1) is 17.6 Å². The van der Waals surface area contributed by atoms with E-state index < -0.39 is 28.8 Å². The van der Waals surface area contributed by atoms with Crippen LogP contribution >= 0.6 is 0 Å². The number of rotatable bonds is 5. The molecule has 2 atom stereocenters. The molecule has 12 heteroatoms. The zero-order valence-electron chi connectivity index (χ0n) is 20.6. The Balaban J connectivity index is 1.53. The maximum absolute atomic E-state index is 14.3. The number of anilines is 4. The maximum atomic E-state index is 14.3. The summed E-state index contributed by atoms with van der Waals surface area (Å²) in [5.74, 6) is -2.34. The molecule has 37 heavy (non-hydrogen) atoms. The van der Waals surface area contributed by atoms with E-state index in [1.165, 1.54) is 12.1 Å². The second-order valence-electron chi connectivity index (χ2n) is 9.60. The summed E-state index contributed by atoms with van der Waals surface area (Å²) < 4.78 is 29.2. The van der Waals surface area contributed by atoms with Gasteiger partial charge in [0.15, 0.2) is 11.6 Å². The molecule has 0 bridgehead atoms. The molecule has 5 rings (SSSR count). The Morgan fingerprint density at radius 3 is 2.49 bits per heavy atom. The average molecular weight is 511 g/mol. The maximum Gasteiger partial charge on any atom is 0.276 e. The number of carbonyl (C=O) groups is 1. The molecular weight excluding hydrogens is 482 g/mol. The first-order chi connectivity index (χ1) is 17.7. The molecule has 0 aliphatic carbocycles. The van der Waals surface area contributed by atoms with Gasteiger partial charge in [0.2, 0.25) is 0 Å². The molecule has 1 aromatic heterocycles. The molecule has 1 fully saturated rings. The van der Waals surface area contributed by atoms with Crippen LogP contribution in [0.1, 0.15) is 31.3 Å². The van der Waals surface area contributed by atoms with Gasteiger partial charge >= 0.3 is 0 Å². The van der Waals surface area contributed by atoms with E-state index in [0.717, 1.165) is 35.3 Å². The number of amides is 1. The van der Waals surface area contributed by atoms with E-state index in [1.54, 1.807) is 6.07 Å². The fourth-order valence-electron chi connectivity index (χ4n) is 4.66. The topological polar surface area (TPSA) is 121 Å². The van der Waals surface area contributed by atoms with E-state index in [9.17, 15) is 18.4 Å². The highest BCUT2D eigenvalue weighted by atomic mass is 19.1. The van der Waals surface area contributed by atoms with Crippen LogP contribution in [0.15, 0.2) is 47.3 Å². The van der Waals surface area contributed by atoms with Gasteiger partial charge in [-0.25, -0.2) is 8.78 Å². The van der Waals surface area contributed by atoms with Crippen molar-refractivity contribution in [1.82, 2.24) is 15.3 Å². The van der Waals surface area contributed by atoms with E-state index in [4.69, 9.17) is 5.73 Å². The number of halogens is 2. The zero-order chi connectivity index (χ0) is 26.4. The summed E-state index contributed by atoms with van der Waals surface area (Å²) in [5.41, 5.74) is 14.0. The molecule has 0 radical (unpaired) electrons. The van der Waals surface area contributed by atoms with Crippen molar-refractivity contribution in [2.75, 3.05) is 33.7 Å². The Kier molecular flexibility index (Phi) is 6.30. The van der Waals surface area contributed by atoms with Gasteiger partial charge in [-0.1, -0.05) is 13.0 Å². The quantitative estimate of drug-likeness (QED) is 0.414. The monoisotopic (exact) mass is 510 g/mol. The van der Waals surface area contributed by atoms with Crippen molar-refractivity contribution in [1.29, 1.82) is 0 Å². The van der Waals surface area contributed by atoms with Crippen LogP contribution < -0.4 is 37.5 Å². The number of fused-ring (bicyclic) bond motifs is 1. The Morgan fingerprint density at radius 2 is 1.84 bits per heavy atom. The van der Waals surface area contributed by atoms with Crippen molar-refractivity contribution in [3.8, 4) is 5.69 Å². The molecule has 0 spiro atoms. The predicted octanol–water partition coefficient (Wildman–Crippen LogP) is 2.61. The van der Waals surface area contributed by atoms with Crippen molar-refractivity contribution >= 4 is 28.7 Å². The van der Waals surface area contributed by atoms with E-state index in [0.29, 0.717) is 23.5 Å². The van der Waals surface area contributed by atoms with Crippen molar-refractivity contribution in [2.45, 2.75) is 32.9 Å². The van der Waals surface area contributed by atoms with Gasteiger partial charge < -0.3 is 16.0 Å². The summed E-state index contributed by atoms with van der Waals surface area (Å²) in [6.07, 6.45) is 0. The lowest BCUT2D eigenvalue weighted by Gasteiger charge is -2.26. The molecule has 10 nitrogen and oxygen atoms in total. The summed E-state index contributed by atoms with van der Waals surface area (Å²) in [4.78, 5) is 27.8. The van der Waals surface area contributed by atoms with E-state index in [-0.39, 0.29) is 23.7 Å². The van der Waals surface area contributed by atoms with E-state index in [2.05, 4.69) is 33.2 Å². The Labute approximate surface area is 212 Å². The van der Waals surface area contributed by atoms with Gasteiger partial charge in [-0.15, -0.1) is 5.53 Å². The number of nitrogens with one attached hydrogen (secondary N) is 3. The van der Waals surface area contributed by atoms with E-state index in [1.807, 2.05) is 24.9 Å². The number of nitrogens with zero attached hydrogens (tertiary/aromatic N) is 4. The highest BCUT2D eigenvalue weighted by Crippen LogP contribution is 2.45. The number of hydrogen-bond donors (Lipinski definition) is 4. The largest absolute Gasteiger partial charge is 0.366 e. The van der Waals surface area contributed by atoms with E-state index >= 15 is 0 Å². The normalized spacial score (nSPS) is 18.8. The Morgan fingerprint density at radius 1 is 1.11 bits per heavy atom. The third-order valence-electron chi connectivity index (χ3n) is 6.65. The first-order valence-electron chi connectivity index (χ1n) is 12.0. The Hall–Kier alpha value is -4.03. The van der Waals surface area contributed by atoms with Crippen molar-refractivity contribution in [3.05, 3.63) is 70.1 Å². The highest BCUT2D eigenvalue weighted by molar-refractivity contribution is 6.07. The molecule has 1 amide bonds. The van der Waals surface area contributed by atoms with Crippen LogP contribution in [0.4, 0.5) is 31.5 Å². The molecule has 3 heterocycles. The number of benzene rings is 2. The molecule has 194 valence electrons. The van der Waals surface area contributed by atoms with Crippen LogP contribution in [0.3, 0.4) is 0 Å².